The quantitative estimate of drug-likeness (QED) is 0.352. The fraction of sp³-hybridized carbons (Fsp3) is 0.0870. The summed E-state index contributed by atoms with van der Waals surface area (Å²) in [6.45, 7) is 2.02. The molecule has 0 spiro atoms. The highest BCUT2D eigenvalue weighted by Gasteiger charge is 2.20. The van der Waals surface area contributed by atoms with Crippen molar-refractivity contribution in [1.29, 1.82) is 0 Å². The lowest BCUT2D eigenvalue weighted by Gasteiger charge is -2.11. The molecule has 4 aromatic rings. The lowest BCUT2D eigenvalue weighted by molar-refractivity contribution is -0.111. The topological polar surface area (TPSA) is 112 Å². The minimum absolute atomic E-state index is 0.151. The molecule has 32 heavy (non-hydrogen) atoms. The number of carbonyl (C=O) groups is 2. The maximum atomic E-state index is 13.2. The van der Waals surface area contributed by atoms with Gasteiger partial charge in [0.1, 0.15) is 11.5 Å². The van der Waals surface area contributed by atoms with Gasteiger partial charge in [0.15, 0.2) is 5.82 Å². The molecule has 0 unspecified atom stereocenters. The molecule has 0 saturated heterocycles. The molecule has 0 aliphatic rings. The third kappa shape index (κ3) is 4.62. The number of nitrogens with one attached hydrogen (secondary N) is 1. The fourth-order valence-corrected chi connectivity index (χ4v) is 2.95. The fourth-order valence-electron chi connectivity index (χ4n) is 2.95. The average molecular weight is 429 g/mol. The zero-order chi connectivity index (χ0) is 22.3. The number of rotatable bonds is 7. The van der Waals surface area contributed by atoms with Gasteiger partial charge in [0.25, 0.3) is 5.91 Å². The molecular formula is C23H19N5O4. The number of amides is 1. The Morgan fingerprint density at radius 1 is 1.06 bits per heavy atom. The zero-order valence-electron chi connectivity index (χ0n) is 17.1. The Balaban J connectivity index is 1.65. The Labute approximate surface area is 183 Å². The lowest BCUT2D eigenvalue weighted by atomic mass is 10.2. The summed E-state index contributed by atoms with van der Waals surface area (Å²) < 4.78 is 11.7. The van der Waals surface area contributed by atoms with E-state index in [-0.39, 0.29) is 12.3 Å². The highest BCUT2D eigenvalue weighted by molar-refractivity contribution is 6.24. The van der Waals surface area contributed by atoms with E-state index >= 15 is 0 Å². The Kier molecular flexibility index (Phi) is 6.17. The molecule has 4 rings (SSSR count). The van der Waals surface area contributed by atoms with Crippen molar-refractivity contribution in [2.75, 3.05) is 11.9 Å². The van der Waals surface area contributed by atoms with Crippen LogP contribution in [-0.2, 0) is 9.53 Å². The summed E-state index contributed by atoms with van der Waals surface area (Å²) in [4.78, 5) is 25.1. The van der Waals surface area contributed by atoms with Crippen molar-refractivity contribution in [3.63, 3.8) is 0 Å². The van der Waals surface area contributed by atoms with Crippen LogP contribution in [0.1, 0.15) is 23.0 Å². The third-order valence-corrected chi connectivity index (χ3v) is 4.44. The van der Waals surface area contributed by atoms with Gasteiger partial charge < -0.3 is 14.5 Å². The minimum Gasteiger partial charge on any atom is -0.465 e. The molecule has 0 aliphatic carbocycles. The van der Waals surface area contributed by atoms with Crippen molar-refractivity contribution in [3.8, 4) is 11.4 Å². The zero-order valence-corrected chi connectivity index (χ0v) is 17.1. The first kappa shape index (κ1) is 20.7. The van der Waals surface area contributed by atoms with E-state index in [1.165, 1.54) is 10.9 Å². The molecule has 0 saturated carbocycles. The maximum absolute atomic E-state index is 13.2. The van der Waals surface area contributed by atoms with E-state index in [0.29, 0.717) is 22.8 Å². The molecule has 9 nitrogen and oxygen atoms in total. The molecule has 0 fully saturated rings. The van der Waals surface area contributed by atoms with Crippen LogP contribution >= 0.6 is 0 Å². The van der Waals surface area contributed by atoms with E-state index in [9.17, 15) is 9.59 Å². The monoisotopic (exact) mass is 429 g/mol. The first-order valence-corrected chi connectivity index (χ1v) is 9.83. The first-order valence-electron chi connectivity index (χ1n) is 9.83. The summed E-state index contributed by atoms with van der Waals surface area (Å²) in [6.07, 6.45) is 3.05. The lowest BCUT2D eigenvalue weighted by Crippen LogP contribution is -2.19. The van der Waals surface area contributed by atoms with E-state index in [4.69, 9.17) is 9.15 Å². The van der Waals surface area contributed by atoms with Gasteiger partial charge in [-0.3, -0.25) is 4.79 Å². The Morgan fingerprint density at radius 2 is 1.84 bits per heavy atom. The van der Waals surface area contributed by atoms with Crippen molar-refractivity contribution < 1.29 is 18.7 Å². The smallest absolute Gasteiger partial charge is 0.338 e. The molecule has 0 radical (unpaired) electrons. The largest absolute Gasteiger partial charge is 0.465 e. The van der Waals surface area contributed by atoms with Crippen LogP contribution in [0.25, 0.3) is 23.2 Å². The van der Waals surface area contributed by atoms with Gasteiger partial charge in [0, 0.05) is 17.3 Å². The van der Waals surface area contributed by atoms with E-state index in [1.807, 2.05) is 30.3 Å². The Hall–Kier alpha value is -4.53. The summed E-state index contributed by atoms with van der Waals surface area (Å²) in [5.74, 6) is -0.0294. The maximum Gasteiger partial charge on any atom is 0.338 e. The van der Waals surface area contributed by atoms with Gasteiger partial charge in [0.05, 0.1) is 18.4 Å². The Bertz CT molecular complexity index is 1230. The number of carbonyl (C=O) groups excluding carboxylic acids is 2. The van der Waals surface area contributed by atoms with Gasteiger partial charge in [-0.15, -0.1) is 5.10 Å². The molecule has 2 heterocycles. The number of tetrazole rings is 1. The standard InChI is InChI=1S/C23H19N5O4/c1-2-31-23(30)17-10-12-18(13-11-17)24-22(29)20(15-19-9-6-14-32-19)28-21(25-26-27-28)16-7-4-3-5-8-16/h3-15H,2H2,1H3,(H,24,29). The number of aromatic nitrogens is 4. The molecule has 0 bridgehead atoms. The predicted octanol–water partition coefficient (Wildman–Crippen LogP) is 3.75. The molecule has 1 N–H and O–H groups in total. The van der Waals surface area contributed by atoms with E-state index in [1.54, 1.807) is 49.4 Å². The second-order valence-corrected chi connectivity index (χ2v) is 6.58. The highest BCUT2D eigenvalue weighted by Crippen LogP contribution is 2.22. The number of benzene rings is 2. The van der Waals surface area contributed by atoms with E-state index in [2.05, 4.69) is 20.8 Å². The van der Waals surface area contributed by atoms with Gasteiger partial charge >= 0.3 is 5.97 Å². The predicted molar refractivity (Wildman–Crippen MR) is 117 cm³/mol. The number of hydrogen-bond acceptors (Lipinski definition) is 7. The van der Waals surface area contributed by atoms with Crippen LogP contribution in [-0.4, -0.2) is 38.7 Å². The normalized spacial score (nSPS) is 11.2. The van der Waals surface area contributed by atoms with Crippen LogP contribution in [0.4, 0.5) is 5.69 Å². The van der Waals surface area contributed by atoms with Crippen LogP contribution in [0, 0.1) is 0 Å². The SMILES string of the molecule is CCOC(=O)c1ccc(NC(=O)C(=Cc2ccco2)n2nnnc2-c2ccccc2)cc1. The molecule has 2 aromatic heterocycles. The van der Waals surface area contributed by atoms with E-state index < -0.39 is 11.9 Å². The minimum atomic E-state index is -0.463. The van der Waals surface area contributed by atoms with Gasteiger partial charge in [0.2, 0.25) is 0 Å². The number of esters is 1. The van der Waals surface area contributed by atoms with Crippen molar-refractivity contribution >= 4 is 29.3 Å². The van der Waals surface area contributed by atoms with Crippen molar-refractivity contribution in [2.24, 2.45) is 0 Å². The van der Waals surface area contributed by atoms with Gasteiger partial charge in [-0.1, -0.05) is 30.3 Å². The van der Waals surface area contributed by atoms with Crippen LogP contribution in [0.5, 0.6) is 0 Å². The van der Waals surface area contributed by atoms with Gasteiger partial charge in [-0.25, -0.2) is 4.79 Å². The molecular weight excluding hydrogens is 410 g/mol. The summed E-state index contributed by atoms with van der Waals surface area (Å²) in [6, 6.07) is 19.1. The summed E-state index contributed by atoms with van der Waals surface area (Å²) >= 11 is 0. The number of furan rings is 1. The van der Waals surface area contributed by atoms with Crippen molar-refractivity contribution in [1.82, 2.24) is 20.2 Å². The number of anilines is 1. The highest BCUT2D eigenvalue weighted by atomic mass is 16.5. The molecule has 1 amide bonds. The second kappa shape index (κ2) is 9.52. The van der Waals surface area contributed by atoms with E-state index in [0.717, 1.165) is 5.56 Å². The van der Waals surface area contributed by atoms with Crippen LogP contribution in [0.3, 0.4) is 0 Å². The summed E-state index contributed by atoms with van der Waals surface area (Å²) in [5, 5.41) is 14.6. The Morgan fingerprint density at radius 3 is 2.53 bits per heavy atom. The number of ether oxygens (including phenoxy) is 1. The second-order valence-electron chi connectivity index (χ2n) is 6.58. The molecule has 0 atom stereocenters. The van der Waals surface area contributed by atoms with Gasteiger partial charge in [-0.2, -0.15) is 4.68 Å². The third-order valence-electron chi connectivity index (χ3n) is 4.44. The summed E-state index contributed by atoms with van der Waals surface area (Å²) in [7, 11) is 0. The van der Waals surface area contributed by atoms with Gasteiger partial charge in [-0.05, 0) is 53.7 Å². The average Bonchev–Trinajstić information content (AvgIpc) is 3.51. The van der Waals surface area contributed by atoms with Crippen molar-refractivity contribution in [2.45, 2.75) is 6.92 Å². The summed E-state index contributed by atoms with van der Waals surface area (Å²) in [5.41, 5.74) is 1.78. The van der Waals surface area contributed by atoms with Crippen LogP contribution in [0.2, 0.25) is 0 Å². The van der Waals surface area contributed by atoms with Crippen LogP contribution < -0.4 is 5.32 Å². The molecule has 2 aromatic carbocycles. The van der Waals surface area contributed by atoms with Crippen LogP contribution in [0.15, 0.2) is 77.4 Å². The molecule has 160 valence electrons. The first-order chi connectivity index (χ1) is 15.7. The number of nitrogens with zero attached hydrogens (tertiary/aromatic N) is 4. The molecule has 9 heteroatoms. The molecule has 0 aliphatic heterocycles. The van der Waals surface area contributed by atoms with Crippen molar-refractivity contribution in [3.05, 3.63) is 84.3 Å². The number of hydrogen-bond donors (Lipinski definition) is 1.